The molecule has 0 aliphatic rings. The Morgan fingerprint density at radius 2 is 0.875 bits per heavy atom. The molecule has 4 nitrogen and oxygen atoms in total. The van der Waals surface area contributed by atoms with Gasteiger partial charge in [0.25, 0.3) is 0 Å². The van der Waals surface area contributed by atoms with Crippen molar-refractivity contribution in [3.63, 3.8) is 0 Å². The first-order chi connectivity index (χ1) is 10.7. The summed E-state index contributed by atoms with van der Waals surface area (Å²) in [6, 6.07) is 0. The molecule has 0 bridgehead atoms. The highest BCUT2D eigenvalue weighted by Gasteiger charge is 2.10. The fourth-order valence-electron chi connectivity index (χ4n) is 1.58. The molecule has 0 rings (SSSR count). The minimum atomic E-state index is -0.120. The molecule has 0 aromatic carbocycles. The molecular formula is C20H42O4. The monoisotopic (exact) mass is 346 g/mol. The van der Waals surface area contributed by atoms with E-state index in [0.717, 1.165) is 0 Å². The third-order valence-electron chi connectivity index (χ3n) is 2.51. The van der Waals surface area contributed by atoms with E-state index in [4.69, 9.17) is 9.47 Å². The lowest BCUT2D eigenvalue weighted by molar-refractivity contribution is -0.151. The summed E-state index contributed by atoms with van der Waals surface area (Å²) < 4.78 is 10.1. The van der Waals surface area contributed by atoms with Gasteiger partial charge in [-0.3, -0.25) is 9.59 Å². The van der Waals surface area contributed by atoms with Gasteiger partial charge in [-0.05, 0) is 41.5 Å². The lowest BCUT2D eigenvalue weighted by Gasteiger charge is -2.09. The van der Waals surface area contributed by atoms with Gasteiger partial charge >= 0.3 is 5.97 Å². The standard InChI is InChI=1S/C7H14O2.C7H14O.C6H14O/c1-5(2)7(8)9-6(3)4;1-5(2)7(8)6(3)4;1-5(2)7-6(3)4/h5-6H,1-4H3;5-6H,1-4H3;5-6H,1-4H3. The maximum absolute atomic E-state index is 10.8. The molecule has 0 N–H and O–H groups in total. The van der Waals surface area contributed by atoms with Crippen molar-refractivity contribution in [1.29, 1.82) is 0 Å². The molecule has 0 atom stereocenters. The topological polar surface area (TPSA) is 52.6 Å². The lowest BCUT2D eigenvalue weighted by Crippen LogP contribution is -2.16. The first kappa shape index (κ1) is 27.9. The van der Waals surface area contributed by atoms with Crippen molar-refractivity contribution in [2.75, 3.05) is 0 Å². The number of carbonyl (C=O) groups excluding carboxylic acids is 2. The van der Waals surface area contributed by atoms with Crippen LogP contribution in [0.15, 0.2) is 0 Å². The summed E-state index contributed by atoms with van der Waals surface area (Å²) in [5, 5.41) is 0. The van der Waals surface area contributed by atoms with E-state index < -0.39 is 0 Å². The van der Waals surface area contributed by atoms with Crippen LogP contribution in [0.3, 0.4) is 0 Å². The van der Waals surface area contributed by atoms with Crippen LogP contribution in [0.1, 0.15) is 83.1 Å². The fraction of sp³-hybridized carbons (Fsp3) is 0.900. The third-order valence-corrected chi connectivity index (χ3v) is 2.51. The van der Waals surface area contributed by atoms with Crippen LogP contribution in [-0.4, -0.2) is 30.1 Å². The van der Waals surface area contributed by atoms with Gasteiger partial charge in [0.05, 0.1) is 24.2 Å². The zero-order valence-corrected chi connectivity index (χ0v) is 18.1. The van der Waals surface area contributed by atoms with Gasteiger partial charge in [0.1, 0.15) is 5.78 Å². The van der Waals surface area contributed by atoms with E-state index >= 15 is 0 Å². The lowest BCUT2D eigenvalue weighted by atomic mass is 9.99. The summed E-state index contributed by atoms with van der Waals surface area (Å²) in [7, 11) is 0. The molecule has 0 radical (unpaired) electrons. The maximum atomic E-state index is 10.8. The number of ether oxygens (including phenoxy) is 2. The fourth-order valence-corrected chi connectivity index (χ4v) is 1.58. The van der Waals surface area contributed by atoms with Crippen LogP contribution >= 0.6 is 0 Å². The number of rotatable bonds is 6. The molecule has 0 heterocycles. The molecule has 24 heavy (non-hydrogen) atoms. The molecule has 146 valence electrons. The molecule has 0 unspecified atom stereocenters. The average Bonchev–Trinajstić information content (AvgIpc) is 2.36. The van der Waals surface area contributed by atoms with Crippen LogP contribution in [0, 0.1) is 17.8 Å². The summed E-state index contributed by atoms with van der Waals surface area (Å²) >= 11 is 0. The van der Waals surface area contributed by atoms with Gasteiger partial charge in [0, 0.05) is 11.8 Å². The Morgan fingerprint density at radius 1 is 0.542 bits per heavy atom. The second-order valence-corrected chi connectivity index (χ2v) is 7.59. The second kappa shape index (κ2) is 15.6. The van der Waals surface area contributed by atoms with Crippen LogP contribution < -0.4 is 0 Å². The van der Waals surface area contributed by atoms with E-state index in [0.29, 0.717) is 18.0 Å². The Morgan fingerprint density at radius 3 is 0.917 bits per heavy atom. The van der Waals surface area contributed by atoms with Crippen molar-refractivity contribution in [3.05, 3.63) is 0 Å². The van der Waals surface area contributed by atoms with Crippen LogP contribution in [0.25, 0.3) is 0 Å². The SMILES string of the molecule is CC(C)C(=O)C(C)C.CC(C)OC(=O)C(C)C.CC(C)OC(C)C. The Balaban J connectivity index is -0.000000278. The van der Waals surface area contributed by atoms with E-state index in [9.17, 15) is 9.59 Å². The van der Waals surface area contributed by atoms with E-state index in [2.05, 4.69) is 0 Å². The second-order valence-electron chi connectivity index (χ2n) is 7.59. The number of esters is 1. The molecule has 0 saturated heterocycles. The van der Waals surface area contributed by atoms with E-state index in [1.165, 1.54) is 0 Å². The van der Waals surface area contributed by atoms with Gasteiger partial charge in [-0.2, -0.15) is 0 Å². The molecule has 4 heteroatoms. The minimum Gasteiger partial charge on any atom is -0.463 e. The molecule has 0 aliphatic carbocycles. The highest BCUT2D eigenvalue weighted by atomic mass is 16.5. The molecule has 0 amide bonds. The number of Topliss-reactive ketones (excluding diaryl/α,β-unsaturated/α-hetero) is 1. The number of hydrogen-bond donors (Lipinski definition) is 0. The molecule has 0 fully saturated rings. The van der Waals surface area contributed by atoms with Crippen LogP contribution in [0.4, 0.5) is 0 Å². The van der Waals surface area contributed by atoms with Crippen molar-refractivity contribution >= 4 is 11.8 Å². The summed E-state index contributed by atoms with van der Waals surface area (Å²) in [4.78, 5) is 21.6. The maximum Gasteiger partial charge on any atom is 0.308 e. The summed E-state index contributed by atoms with van der Waals surface area (Å²) in [5.41, 5.74) is 0. The molecule has 0 spiro atoms. The van der Waals surface area contributed by atoms with E-state index in [1.54, 1.807) is 0 Å². The van der Waals surface area contributed by atoms with Gasteiger partial charge in [-0.1, -0.05) is 41.5 Å². The number of ketones is 1. The predicted octanol–water partition coefficient (Wildman–Crippen LogP) is 5.28. The zero-order chi connectivity index (χ0) is 20.0. The van der Waals surface area contributed by atoms with Crippen molar-refractivity contribution in [3.8, 4) is 0 Å². The van der Waals surface area contributed by atoms with Crippen LogP contribution in [0.5, 0.6) is 0 Å². The van der Waals surface area contributed by atoms with Gasteiger partial charge < -0.3 is 9.47 Å². The van der Waals surface area contributed by atoms with Crippen molar-refractivity contribution in [1.82, 2.24) is 0 Å². The van der Waals surface area contributed by atoms with Gasteiger partial charge in [-0.25, -0.2) is 0 Å². The van der Waals surface area contributed by atoms with Crippen molar-refractivity contribution in [2.24, 2.45) is 17.8 Å². The quantitative estimate of drug-likeness (QED) is 0.614. The number of hydrogen-bond acceptors (Lipinski definition) is 4. The Bertz CT molecular complexity index is 300. The minimum absolute atomic E-state index is 0.00704. The molecule has 0 aromatic heterocycles. The highest BCUT2D eigenvalue weighted by molar-refractivity contribution is 5.81. The molecule has 0 aromatic rings. The average molecular weight is 347 g/mol. The third kappa shape index (κ3) is 23.4. The van der Waals surface area contributed by atoms with Crippen LogP contribution in [0.2, 0.25) is 0 Å². The predicted molar refractivity (Wildman–Crippen MR) is 102 cm³/mol. The van der Waals surface area contributed by atoms with Crippen molar-refractivity contribution < 1.29 is 19.1 Å². The number of carbonyl (C=O) groups is 2. The first-order valence-electron chi connectivity index (χ1n) is 9.11. The highest BCUT2D eigenvalue weighted by Crippen LogP contribution is 2.03. The first-order valence-corrected chi connectivity index (χ1v) is 9.11. The zero-order valence-electron chi connectivity index (χ0n) is 18.1. The van der Waals surface area contributed by atoms with E-state index in [-0.39, 0.29) is 29.8 Å². The smallest absolute Gasteiger partial charge is 0.308 e. The van der Waals surface area contributed by atoms with E-state index in [1.807, 2.05) is 83.1 Å². The van der Waals surface area contributed by atoms with Crippen molar-refractivity contribution in [2.45, 2.75) is 101 Å². The Labute approximate surface area is 150 Å². The molecule has 0 aliphatic heterocycles. The van der Waals surface area contributed by atoms with Crippen LogP contribution in [-0.2, 0) is 19.1 Å². The Hall–Kier alpha value is -0.900. The molecule has 0 saturated carbocycles. The normalized spacial score (nSPS) is 10.8. The van der Waals surface area contributed by atoms with Gasteiger partial charge in [0.15, 0.2) is 0 Å². The molecular weight excluding hydrogens is 304 g/mol. The Kier molecular flexibility index (Phi) is 18.2. The van der Waals surface area contributed by atoms with Gasteiger partial charge in [0.2, 0.25) is 0 Å². The summed E-state index contributed by atoms with van der Waals surface area (Å²) in [6.07, 6.45) is 0.764. The largest absolute Gasteiger partial charge is 0.463 e. The summed E-state index contributed by atoms with van der Waals surface area (Å²) in [6.45, 7) is 23.2. The summed E-state index contributed by atoms with van der Waals surface area (Å²) in [5.74, 6) is 0.632. The van der Waals surface area contributed by atoms with Gasteiger partial charge in [-0.15, -0.1) is 0 Å².